The van der Waals surface area contributed by atoms with E-state index >= 15 is 0 Å². The first-order chi connectivity index (χ1) is 11.7. The second-order valence-corrected chi connectivity index (χ2v) is 7.05. The molecule has 24 heavy (non-hydrogen) atoms. The van der Waals surface area contributed by atoms with E-state index in [0.29, 0.717) is 17.1 Å². The summed E-state index contributed by atoms with van der Waals surface area (Å²) in [5, 5.41) is 0. The molecule has 0 saturated carbocycles. The third-order valence-corrected chi connectivity index (χ3v) is 4.77. The highest BCUT2D eigenvalue weighted by molar-refractivity contribution is 8.27. The highest BCUT2D eigenvalue weighted by Crippen LogP contribution is 2.32. The highest BCUT2D eigenvalue weighted by atomic mass is 32.2. The highest BCUT2D eigenvalue weighted by Gasteiger charge is 2.22. The van der Waals surface area contributed by atoms with Gasteiger partial charge < -0.3 is 4.74 Å². The fourth-order valence-corrected chi connectivity index (χ4v) is 3.50. The molecule has 2 aromatic carbocycles. The summed E-state index contributed by atoms with van der Waals surface area (Å²) in [7, 11) is 1.62. The van der Waals surface area contributed by atoms with Crippen LogP contribution in [0.2, 0.25) is 0 Å². The van der Waals surface area contributed by atoms with Gasteiger partial charge >= 0.3 is 0 Å². The number of rotatable bonds is 2. The summed E-state index contributed by atoms with van der Waals surface area (Å²) in [5.74, 6) is 7.06. The van der Waals surface area contributed by atoms with Crippen LogP contribution in [0.4, 0.5) is 0 Å². The minimum Gasteiger partial charge on any atom is -0.495 e. The summed E-state index contributed by atoms with van der Waals surface area (Å²) in [6.07, 6.45) is 2.21. The lowest BCUT2D eigenvalue weighted by Gasteiger charge is -2.04. The first-order valence-corrected chi connectivity index (χ1v) is 8.59. The van der Waals surface area contributed by atoms with Crippen LogP contribution < -0.4 is 4.74 Å². The van der Waals surface area contributed by atoms with E-state index in [-0.39, 0.29) is 5.78 Å². The Labute approximate surface area is 150 Å². The van der Waals surface area contributed by atoms with Crippen molar-refractivity contribution in [3.05, 3.63) is 70.1 Å². The molecule has 0 spiro atoms. The summed E-state index contributed by atoms with van der Waals surface area (Å²) in [6.45, 7) is 0. The Morgan fingerprint density at radius 3 is 2.62 bits per heavy atom. The second kappa shape index (κ2) is 7.48. The number of Topliss-reactive ketones (excluding diaryl/α,β-unsaturated/α-hetero) is 1. The molecule has 0 radical (unpaired) electrons. The molecule has 1 saturated heterocycles. The number of ether oxygens (including phenoxy) is 1. The van der Waals surface area contributed by atoms with Gasteiger partial charge in [-0.25, -0.2) is 0 Å². The van der Waals surface area contributed by atoms with E-state index in [4.69, 9.17) is 17.0 Å². The van der Waals surface area contributed by atoms with Gasteiger partial charge in [0, 0.05) is 5.56 Å². The number of thioether (sulfide) groups is 1. The van der Waals surface area contributed by atoms with Crippen LogP contribution in [0, 0.1) is 11.8 Å². The van der Waals surface area contributed by atoms with E-state index in [2.05, 4.69) is 11.8 Å². The smallest absolute Gasteiger partial charge is 0.175 e. The molecule has 0 bridgehead atoms. The molecule has 3 rings (SSSR count). The molecule has 2 aromatic rings. The van der Waals surface area contributed by atoms with Crippen LogP contribution in [-0.4, -0.2) is 17.1 Å². The number of allylic oxidation sites excluding steroid dienone is 1. The monoisotopic (exact) mass is 350 g/mol. The van der Waals surface area contributed by atoms with Gasteiger partial charge in [-0.15, -0.1) is 0 Å². The number of carbonyl (C=O) groups is 1. The minimum atomic E-state index is 0.0812. The second-order valence-electron chi connectivity index (χ2n) is 5.16. The lowest BCUT2D eigenvalue weighted by atomic mass is 10.1. The van der Waals surface area contributed by atoms with Crippen LogP contribution in [-0.2, 0) is 4.79 Å². The van der Waals surface area contributed by atoms with E-state index in [0.717, 1.165) is 20.9 Å². The van der Waals surface area contributed by atoms with Crippen LogP contribution >= 0.6 is 24.0 Å². The molecule has 118 valence electrons. The third-order valence-electron chi connectivity index (χ3n) is 3.44. The summed E-state index contributed by atoms with van der Waals surface area (Å²) in [6, 6.07) is 15.5. The summed E-state index contributed by atoms with van der Waals surface area (Å²) >= 11 is 6.48. The van der Waals surface area contributed by atoms with Crippen LogP contribution in [0.25, 0.3) is 6.08 Å². The van der Waals surface area contributed by atoms with Gasteiger partial charge in [-0.05, 0) is 35.9 Å². The number of ketones is 1. The summed E-state index contributed by atoms with van der Waals surface area (Å²) in [5.41, 5.74) is 2.64. The molecule has 1 heterocycles. The van der Waals surface area contributed by atoms with Crippen molar-refractivity contribution in [3.63, 3.8) is 0 Å². The van der Waals surface area contributed by atoms with E-state index in [1.165, 1.54) is 11.8 Å². The third kappa shape index (κ3) is 3.94. The van der Waals surface area contributed by atoms with Gasteiger partial charge in [-0.2, -0.15) is 0 Å². The van der Waals surface area contributed by atoms with Crippen molar-refractivity contribution < 1.29 is 9.53 Å². The number of hydrogen-bond acceptors (Lipinski definition) is 4. The molecular weight excluding hydrogens is 336 g/mol. The quantitative estimate of drug-likeness (QED) is 0.453. The average Bonchev–Trinajstić information content (AvgIpc) is 2.91. The first-order valence-electron chi connectivity index (χ1n) is 7.36. The van der Waals surface area contributed by atoms with Gasteiger partial charge in [0.1, 0.15) is 5.75 Å². The number of thiocarbonyl (C=S) groups is 1. The molecule has 2 nitrogen and oxygen atoms in total. The lowest BCUT2D eigenvalue weighted by Crippen LogP contribution is -1.92. The zero-order valence-corrected chi connectivity index (χ0v) is 14.7. The molecular formula is C20H14O2S2. The number of hydrogen-bond donors (Lipinski definition) is 0. The van der Waals surface area contributed by atoms with Crippen molar-refractivity contribution in [1.82, 2.24) is 0 Å². The molecule has 4 heteroatoms. The SMILES string of the molecule is COc1ccc(/C=C2\SC(=S)CC2=O)cc1C#Cc1ccccc1. The van der Waals surface area contributed by atoms with Gasteiger partial charge in [0.05, 0.1) is 28.2 Å². The number of carbonyl (C=O) groups excluding carboxylic acids is 1. The lowest BCUT2D eigenvalue weighted by molar-refractivity contribution is -0.113. The Morgan fingerprint density at radius 2 is 1.96 bits per heavy atom. The normalized spacial score (nSPS) is 15.3. The van der Waals surface area contributed by atoms with Crippen molar-refractivity contribution in [2.24, 2.45) is 0 Å². The van der Waals surface area contributed by atoms with Gasteiger partial charge in [-0.1, -0.05) is 60.1 Å². The van der Waals surface area contributed by atoms with Crippen molar-refractivity contribution in [3.8, 4) is 17.6 Å². The van der Waals surface area contributed by atoms with Gasteiger partial charge in [0.15, 0.2) is 5.78 Å². The Bertz CT molecular complexity index is 887. The Morgan fingerprint density at radius 1 is 1.17 bits per heavy atom. The largest absolute Gasteiger partial charge is 0.495 e. The van der Waals surface area contributed by atoms with Crippen LogP contribution in [0.5, 0.6) is 5.75 Å². The molecule has 1 aliphatic heterocycles. The number of methoxy groups -OCH3 is 1. The predicted octanol–water partition coefficient (Wildman–Crippen LogP) is 4.47. The maximum absolute atomic E-state index is 11.9. The molecule has 0 amide bonds. The summed E-state index contributed by atoms with van der Waals surface area (Å²) < 4.78 is 6.11. The molecule has 0 atom stereocenters. The zero-order valence-electron chi connectivity index (χ0n) is 13.0. The van der Waals surface area contributed by atoms with Crippen LogP contribution in [0.1, 0.15) is 23.1 Å². The van der Waals surface area contributed by atoms with Crippen molar-refractivity contribution >= 4 is 40.0 Å². The maximum Gasteiger partial charge on any atom is 0.175 e. The van der Waals surface area contributed by atoms with Crippen molar-refractivity contribution in [2.45, 2.75) is 6.42 Å². The molecule has 0 aliphatic carbocycles. The standard InChI is InChI=1S/C20H14O2S2/c1-22-18-10-8-15(12-19-17(21)13-20(23)24-19)11-16(18)9-7-14-5-3-2-4-6-14/h2-6,8,10-12H,13H2,1H3/b19-12-. The Kier molecular flexibility index (Phi) is 5.14. The first kappa shape index (κ1) is 16.5. The predicted molar refractivity (Wildman–Crippen MR) is 103 cm³/mol. The molecule has 0 unspecified atom stereocenters. The maximum atomic E-state index is 11.9. The number of benzene rings is 2. The average molecular weight is 350 g/mol. The Balaban J connectivity index is 1.95. The molecule has 0 N–H and O–H groups in total. The van der Waals surface area contributed by atoms with Crippen LogP contribution in [0.15, 0.2) is 53.4 Å². The van der Waals surface area contributed by atoms with Gasteiger partial charge in [-0.3, -0.25) is 4.79 Å². The summed E-state index contributed by atoms with van der Waals surface area (Å²) in [4.78, 5) is 12.6. The fourth-order valence-electron chi connectivity index (χ4n) is 2.27. The van der Waals surface area contributed by atoms with E-state index in [1.807, 2.05) is 54.6 Å². The zero-order chi connectivity index (χ0) is 16.9. The van der Waals surface area contributed by atoms with E-state index in [1.54, 1.807) is 7.11 Å². The van der Waals surface area contributed by atoms with Gasteiger partial charge in [0.25, 0.3) is 0 Å². The molecule has 0 aromatic heterocycles. The fraction of sp³-hybridized carbons (Fsp3) is 0.100. The molecule has 1 fully saturated rings. The minimum absolute atomic E-state index is 0.0812. The van der Waals surface area contributed by atoms with E-state index in [9.17, 15) is 4.79 Å². The topological polar surface area (TPSA) is 26.3 Å². The van der Waals surface area contributed by atoms with Crippen molar-refractivity contribution in [2.75, 3.05) is 7.11 Å². The van der Waals surface area contributed by atoms with Crippen molar-refractivity contribution in [1.29, 1.82) is 0 Å². The van der Waals surface area contributed by atoms with E-state index < -0.39 is 0 Å². The Hall–Kier alpha value is -2.35. The molecule has 1 aliphatic rings. The van der Waals surface area contributed by atoms with Gasteiger partial charge in [0.2, 0.25) is 0 Å². The van der Waals surface area contributed by atoms with Crippen LogP contribution in [0.3, 0.4) is 0 Å².